The average Bonchev–Trinajstić information content (AvgIpc) is 2.72. The van der Waals surface area contributed by atoms with Crippen molar-refractivity contribution >= 4 is 11.5 Å². The van der Waals surface area contributed by atoms with Crippen LogP contribution < -0.4 is 10.6 Å². The third kappa shape index (κ3) is 4.77. The maximum Gasteiger partial charge on any atom is 0.274 e. The van der Waals surface area contributed by atoms with Crippen LogP contribution in [-0.4, -0.2) is 29.0 Å². The molecule has 1 fully saturated rings. The zero-order valence-corrected chi connectivity index (χ0v) is 11.7. The molecule has 6 heteroatoms. The van der Waals surface area contributed by atoms with E-state index >= 15 is 0 Å². The van der Waals surface area contributed by atoms with Gasteiger partial charge < -0.3 is 10.6 Å². The smallest absolute Gasteiger partial charge is 0.274 e. The van der Waals surface area contributed by atoms with Gasteiger partial charge in [-0.2, -0.15) is 0 Å². The van der Waals surface area contributed by atoms with E-state index in [0.717, 1.165) is 13.1 Å². The highest BCUT2D eigenvalue weighted by Crippen LogP contribution is 2.17. The first-order valence-corrected chi connectivity index (χ1v) is 7.33. The molecule has 1 aliphatic rings. The molecule has 1 aromatic rings. The summed E-state index contributed by atoms with van der Waals surface area (Å²) >= 11 is 0. The Labute approximate surface area is 119 Å². The summed E-state index contributed by atoms with van der Waals surface area (Å²) in [7, 11) is 0. The number of nitrogens with zero attached hydrogens (tertiary/aromatic N) is 2. The summed E-state index contributed by atoms with van der Waals surface area (Å²) < 4.78 is 0. The standard InChI is InChI=1S/C14H22N4O2/c19-18(20)13-7-8-16-14(11-13)17-10-9-15-12-5-3-1-2-4-6-12/h7-8,11-12,15H,1-6,9-10H2,(H,16,17). The van der Waals surface area contributed by atoms with Crippen molar-refractivity contribution in [3.05, 3.63) is 28.4 Å². The van der Waals surface area contributed by atoms with E-state index in [-0.39, 0.29) is 5.69 Å². The molecule has 0 bridgehead atoms. The van der Waals surface area contributed by atoms with Crippen LogP contribution in [0.25, 0.3) is 0 Å². The van der Waals surface area contributed by atoms with Gasteiger partial charge in [-0.1, -0.05) is 25.7 Å². The van der Waals surface area contributed by atoms with Crippen molar-refractivity contribution in [1.29, 1.82) is 0 Å². The van der Waals surface area contributed by atoms with Gasteiger partial charge in [-0.3, -0.25) is 10.1 Å². The number of pyridine rings is 1. The number of nitrogens with one attached hydrogen (secondary N) is 2. The van der Waals surface area contributed by atoms with E-state index in [9.17, 15) is 10.1 Å². The van der Waals surface area contributed by atoms with Crippen molar-refractivity contribution in [3.63, 3.8) is 0 Å². The lowest BCUT2D eigenvalue weighted by Gasteiger charge is -2.16. The first-order valence-electron chi connectivity index (χ1n) is 7.33. The third-order valence-electron chi connectivity index (χ3n) is 3.67. The molecule has 0 saturated heterocycles. The van der Waals surface area contributed by atoms with Gasteiger partial charge in [0.1, 0.15) is 5.82 Å². The van der Waals surface area contributed by atoms with Gasteiger partial charge in [-0.25, -0.2) is 4.98 Å². The van der Waals surface area contributed by atoms with Crippen molar-refractivity contribution in [3.8, 4) is 0 Å². The van der Waals surface area contributed by atoms with Crippen LogP contribution in [0.3, 0.4) is 0 Å². The Morgan fingerprint density at radius 2 is 2.00 bits per heavy atom. The number of hydrogen-bond donors (Lipinski definition) is 2. The fourth-order valence-corrected chi connectivity index (χ4v) is 2.58. The molecule has 0 spiro atoms. The quantitative estimate of drug-likeness (QED) is 0.362. The normalized spacial score (nSPS) is 16.6. The molecule has 0 radical (unpaired) electrons. The molecular weight excluding hydrogens is 256 g/mol. The molecule has 0 atom stereocenters. The second-order valence-corrected chi connectivity index (χ2v) is 5.23. The molecule has 20 heavy (non-hydrogen) atoms. The molecule has 0 aromatic carbocycles. The minimum atomic E-state index is -0.406. The summed E-state index contributed by atoms with van der Waals surface area (Å²) in [6.45, 7) is 1.58. The van der Waals surface area contributed by atoms with Gasteiger partial charge in [0, 0.05) is 31.4 Å². The summed E-state index contributed by atoms with van der Waals surface area (Å²) in [6, 6.07) is 3.48. The molecule has 110 valence electrons. The van der Waals surface area contributed by atoms with Crippen LogP contribution in [0.15, 0.2) is 18.3 Å². The van der Waals surface area contributed by atoms with Gasteiger partial charge in [0.25, 0.3) is 5.69 Å². The topological polar surface area (TPSA) is 80.1 Å². The summed E-state index contributed by atoms with van der Waals surface area (Å²) in [4.78, 5) is 14.3. The Bertz CT molecular complexity index is 431. The number of anilines is 1. The zero-order chi connectivity index (χ0) is 14.2. The van der Waals surface area contributed by atoms with Gasteiger partial charge >= 0.3 is 0 Å². The molecule has 1 aromatic heterocycles. The van der Waals surface area contributed by atoms with E-state index < -0.39 is 4.92 Å². The number of hydrogen-bond acceptors (Lipinski definition) is 5. The SMILES string of the molecule is O=[N+]([O-])c1ccnc(NCCNC2CCCCCC2)c1. The molecule has 1 saturated carbocycles. The molecule has 2 N–H and O–H groups in total. The van der Waals surface area contributed by atoms with Gasteiger partial charge in [-0.15, -0.1) is 0 Å². The molecule has 0 aliphatic heterocycles. The average molecular weight is 278 g/mol. The monoisotopic (exact) mass is 278 g/mol. The summed E-state index contributed by atoms with van der Waals surface area (Å²) in [5, 5.41) is 17.3. The molecule has 6 nitrogen and oxygen atoms in total. The van der Waals surface area contributed by atoms with Crippen LogP contribution >= 0.6 is 0 Å². The van der Waals surface area contributed by atoms with E-state index in [1.807, 2.05) is 0 Å². The maximum atomic E-state index is 10.7. The lowest BCUT2D eigenvalue weighted by atomic mass is 10.1. The van der Waals surface area contributed by atoms with E-state index in [1.165, 1.54) is 56.9 Å². The largest absolute Gasteiger partial charge is 0.369 e. The Morgan fingerprint density at radius 1 is 1.25 bits per heavy atom. The molecule has 1 heterocycles. The van der Waals surface area contributed by atoms with Crippen molar-refractivity contribution in [2.45, 2.75) is 44.6 Å². The predicted molar refractivity (Wildman–Crippen MR) is 78.9 cm³/mol. The van der Waals surface area contributed by atoms with Gasteiger partial charge in [0.2, 0.25) is 0 Å². The highest BCUT2D eigenvalue weighted by Gasteiger charge is 2.11. The summed E-state index contributed by atoms with van der Waals surface area (Å²) in [6.07, 6.45) is 9.32. The maximum absolute atomic E-state index is 10.7. The number of aromatic nitrogens is 1. The molecule has 1 aliphatic carbocycles. The van der Waals surface area contributed by atoms with Crippen LogP contribution in [0, 0.1) is 10.1 Å². The van der Waals surface area contributed by atoms with Crippen molar-refractivity contribution in [2.24, 2.45) is 0 Å². The van der Waals surface area contributed by atoms with E-state index in [2.05, 4.69) is 15.6 Å². The van der Waals surface area contributed by atoms with Crippen LogP contribution in [0.1, 0.15) is 38.5 Å². The van der Waals surface area contributed by atoms with Crippen molar-refractivity contribution in [1.82, 2.24) is 10.3 Å². The van der Waals surface area contributed by atoms with Crippen LogP contribution in [0.5, 0.6) is 0 Å². The fourth-order valence-electron chi connectivity index (χ4n) is 2.58. The van der Waals surface area contributed by atoms with Crippen molar-refractivity contribution < 1.29 is 4.92 Å². The molecule has 0 unspecified atom stereocenters. The first-order chi connectivity index (χ1) is 9.75. The third-order valence-corrected chi connectivity index (χ3v) is 3.67. The minimum absolute atomic E-state index is 0.0687. The first kappa shape index (κ1) is 14.7. The highest BCUT2D eigenvalue weighted by molar-refractivity contribution is 5.44. The predicted octanol–water partition coefficient (Wildman–Crippen LogP) is 2.71. The molecule has 2 rings (SSSR count). The Kier molecular flexibility index (Phi) is 5.73. The van der Waals surface area contributed by atoms with E-state index in [0.29, 0.717) is 11.9 Å². The van der Waals surface area contributed by atoms with Crippen LogP contribution in [0.2, 0.25) is 0 Å². The lowest BCUT2D eigenvalue weighted by Crippen LogP contribution is -2.32. The van der Waals surface area contributed by atoms with Gasteiger partial charge in [-0.05, 0) is 12.8 Å². The number of nitro groups is 1. The summed E-state index contributed by atoms with van der Waals surface area (Å²) in [5.74, 6) is 0.557. The molecule has 0 amide bonds. The second kappa shape index (κ2) is 7.79. The summed E-state index contributed by atoms with van der Waals surface area (Å²) in [5.41, 5.74) is 0.0687. The van der Waals surface area contributed by atoms with E-state index in [1.54, 1.807) is 0 Å². The minimum Gasteiger partial charge on any atom is -0.369 e. The highest BCUT2D eigenvalue weighted by atomic mass is 16.6. The van der Waals surface area contributed by atoms with Crippen LogP contribution in [-0.2, 0) is 0 Å². The number of rotatable bonds is 6. The zero-order valence-electron chi connectivity index (χ0n) is 11.7. The lowest BCUT2D eigenvalue weighted by molar-refractivity contribution is -0.384. The Morgan fingerprint density at radius 3 is 2.70 bits per heavy atom. The second-order valence-electron chi connectivity index (χ2n) is 5.23. The van der Waals surface area contributed by atoms with E-state index in [4.69, 9.17) is 0 Å². The van der Waals surface area contributed by atoms with Gasteiger partial charge in [0.05, 0.1) is 11.0 Å². The Balaban J connectivity index is 1.70. The molecular formula is C14H22N4O2. The van der Waals surface area contributed by atoms with Gasteiger partial charge in [0.15, 0.2) is 0 Å². The Hall–Kier alpha value is -1.69. The fraction of sp³-hybridized carbons (Fsp3) is 0.643. The van der Waals surface area contributed by atoms with Crippen LogP contribution in [0.4, 0.5) is 11.5 Å². The van der Waals surface area contributed by atoms with Crippen molar-refractivity contribution in [2.75, 3.05) is 18.4 Å².